The number of hydrazine groups is 1. The van der Waals surface area contributed by atoms with Gasteiger partial charge in [-0.3, -0.25) is 19.0 Å². The van der Waals surface area contributed by atoms with Gasteiger partial charge in [-0.1, -0.05) is 29.4 Å². The van der Waals surface area contributed by atoms with E-state index in [1.165, 1.54) is 6.07 Å². The second kappa shape index (κ2) is 10.2. The Morgan fingerprint density at radius 1 is 1.15 bits per heavy atom. The van der Waals surface area contributed by atoms with Crippen molar-refractivity contribution in [3.05, 3.63) is 28.8 Å². The van der Waals surface area contributed by atoms with Gasteiger partial charge in [0.1, 0.15) is 11.4 Å². The maximum atomic E-state index is 13.1. The van der Waals surface area contributed by atoms with Crippen molar-refractivity contribution in [2.75, 3.05) is 25.0 Å². The zero-order valence-electron chi connectivity index (χ0n) is 19.9. The summed E-state index contributed by atoms with van der Waals surface area (Å²) in [6.45, 7) is -0.713. The molecule has 1 unspecified atom stereocenters. The molecule has 4 atom stereocenters. The molecule has 0 radical (unpaired) electrons. The second-order valence-corrected chi connectivity index (χ2v) is 12.0. The van der Waals surface area contributed by atoms with E-state index in [9.17, 15) is 46.8 Å². The summed E-state index contributed by atoms with van der Waals surface area (Å²) in [4.78, 5) is 73.3. The summed E-state index contributed by atoms with van der Waals surface area (Å²) in [6, 6.07) is -1.00. The van der Waals surface area contributed by atoms with Crippen molar-refractivity contribution in [2.24, 2.45) is 11.5 Å². The molecular weight excluding hydrogens is 600 g/mol. The van der Waals surface area contributed by atoms with E-state index >= 15 is 0 Å². The average Bonchev–Trinajstić information content (AvgIpc) is 3.37. The van der Waals surface area contributed by atoms with Gasteiger partial charge >= 0.3 is 24.1 Å². The molecule has 3 heterocycles. The molecule has 216 valence electrons. The highest BCUT2D eigenvalue weighted by molar-refractivity contribution is 8.02. The number of halogens is 1. The van der Waals surface area contributed by atoms with Gasteiger partial charge in [-0.25, -0.2) is 29.6 Å². The number of benzene rings is 1. The number of nitrogens with two attached hydrogens (primary N) is 2. The highest BCUT2D eigenvalue weighted by Gasteiger charge is 2.66. The summed E-state index contributed by atoms with van der Waals surface area (Å²) in [6.07, 6.45) is 0. The maximum absolute atomic E-state index is 13.1. The number of carbonyl (C=O) groups excluding carboxylic acids is 5. The number of β-lactam (4-membered cyclic amide) rings is 1. The first-order valence-electron chi connectivity index (χ1n) is 11.1. The van der Waals surface area contributed by atoms with Crippen LogP contribution in [-0.2, 0) is 24.5 Å². The number of primary amides is 2. The Hall–Kier alpha value is -4.01. The molecule has 21 heteroatoms. The first-order chi connectivity index (χ1) is 18.6. The summed E-state index contributed by atoms with van der Waals surface area (Å²) < 4.78 is 34.2. The average molecular weight is 621 g/mol. The lowest BCUT2D eigenvalue weighted by atomic mass is 10.0. The van der Waals surface area contributed by atoms with Crippen molar-refractivity contribution in [3.63, 3.8) is 0 Å². The van der Waals surface area contributed by atoms with Crippen LogP contribution in [0.1, 0.15) is 10.8 Å². The molecule has 4 rings (SSSR count). The molecule has 3 saturated heterocycles. The van der Waals surface area contributed by atoms with Gasteiger partial charge < -0.3 is 32.1 Å². The Morgan fingerprint density at radius 2 is 1.82 bits per heavy atom. The van der Waals surface area contributed by atoms with Gasteiger partial charge in [0.25, 0.3) is 10.1 Å². The molecule has 0 spiro atoms. The molecule has 0 aromatic heterocycles. The Labute approximate surface area is 234 Å². The van der Waals surface area contributed by atoms with Crippen LogP contribution >= 0.6 is 23.4 Å². The molecule has 9 N–H and O–H groups in total. The minimum atomic E-state index is -5.16. The summed E-state index contributed by atoms with van der Waals surface area (Å²) in [5.41, 5.74) is 11.8. The lowest BCUT2D eigenvalue weighted by molar-refractivity contribution is -0.151. The highest BCUT2D eigenvalue weighted by atomic mass is 35.5. The van der Waals surface area contributed by atoms with Crippen LogP contribution in [0, 0.1) is 0 Å². The maximum Gasteiger partial charge on any atom is 0.342 e. The van der Waals surface area contributed by atoms with Gasteiger partial charge in [-0.2, -0.15) is 8.42 Å². The number of thioether (sulfide) groups is 1. The zero-order valence-corrected chi connectivity index (χ0v) is 22.3. The summed E-state index contributed by atoms with van der Waals surface area (Å²) in [5, 5.41) is 11.6. The number of hydrogen-bond acceptors (Lipinski definition) is 9. The fraction of sp³-hybridized carbons (Fsp3) is 0.368. The molecule has 40 heavy (non-hydrogen) atoms. The molecule has 3 fully saturated rings. The highest BCUT2D eigenvalue weighted by Crippen LogP contribution is 2.49. The van der Waals surface area contributed by atoms with Crippen molar-refractivity contribution in [1.29, 1.82) is 0 Å². The van der Waals surface area contributed by atoms with Gasteiger partial charge in [0.05, 0.1) is 13.1 Å². The molecule has 3 aliphatic rings. The molecule has 18 nitrogen and oxygen atoms in total. The number of carboxylic acids is 1. The normalized spacial score (nSPS) is 24.7. The molecular formula is C19H21ClN8O10S2. The van der Waals surface area contributed by atoms with Gasteiger partial charge in [0, 0.05) is 22.8 Å². The molecule has 0 aliphatic carbocycles. The second-order valence-electron chi connectivity index (χ2n) is 8.73. The van der Waals surface area contributed by atoms with Crippen LogP contribution in [0.25, 0.3) is 0 Å². The van der Waals surface area contributed by atoms with E-state index in [-0.39, 0.29) is 29.4 Å². The van der Waals surface area contributed by atoms with E-state index in [0.29, 0.717) is 11.8 Å². The number of nitrogens with one attached hydrogen (secondary N) is 3. The minimum absolute atomic E-state index is 0.0639. The fourth-order valence-corrected chi connectivity index (χ4v) is 7.40. The fourth-order valence-electron chi connectivity index (χ4n) is 4.54. The third-order valence-electron chi connectivity index (χ3n) is 6.25. The third-order valence-corrected chi connectivity index (χ3v) is 9.32. The van der Waals surface area contributed by atoms with Crippen LogP contribution in [-0.4, -0.2) is 105 Å². The van der Waals surface area contributed by atoms with E-state index in [4.69, 9.17) is 23.1 Å². The first kappa shape index (κ1) is 29.0. The van der Waals surface area contributed by atoms with Gasteiger partial charge in [0.15, 0.2) is 5.25 Å². The number of nitrogens with zero attached hydrogens (tertiary/aromatic N) is 3. The van der Waals surface area contributed by atoms with E-state index < -0.39 is 74.1 Å². The van der Waals surface area contributed by atoms with E-state index in [0.717, 1.165) is 26.9 Å². The SMILES string of the molecule is NC(=O)Nc1ccc(C(C(=O)N[C@@H]2C(=O)N3C[C@@](C(=O)O)(N4CCN(NC(N)=O)C4=O)S[C@H]23)S(=O)(=O)O)c(Cl)c1. The quantitative estimate of drug-likeness (QED) is 0.126. The molecule has 0 saturated carbocycles. The van der Waals surface area contributed by atoms with Gasteiger partial charge in [0.2, 0.25) is 16.7 Å². The number of urea groups is 3. The Morgan fingerprint density at radius 3 is 2.38 bits per heavy atom. The first-order valence-corrected chi connectivity index (χ1v) is 13.8. The van der Waals surface area contributed by atoms with E-state index in [2.05, 4.69) is 16.1 Å². The van der Waals surface area contributed by atoms with Crippen LogP contribution in [0.5, 0.6) is 0 Å². The predicted molar refractivity (Wildman–Crippen MR) is 136 cm³/mol. The monoisotopic (exact) mass is 620 g/mol. The number of anilines is 1. The molecule has 8 amide bonds. The van der Waals surface area contributed by atoms with Crippen LogP contribution in [0.3, 0.4) is 0 Å². The smallest absolute Gasteiger partial charge is 0.342 e. The van der Waals surface area contributed by atoms with Crippen LogP contribution < -0.4 is 27.5 Å². The van der Waals surface area contributed by atoms with E-state index in [1.807, 2.05) is 0 Å². The van der Waals surface area contributed by atoms with Gasteiger partial charge in [-0.05, 0) is 12.1 Å². The number of carbonyl (C=O) groups is 6. The standard InChI is InChI=1S/C19H21ClN8O10S2/c20-9-5-7(23-16(21)33)1-2-8(9)11(40(36,37)38)12(29)24-10-13(30)26-6-19(15(31)32,39-14(10)26)27-3-4-28(18(27)35)25-17(22)34/h1-2,5,10-11,14H,3-4,6H2,(H,24,29)(H,31,32)(H3,21,23,33)(H3,22,25,34)(H,36,37,38)/t10-,11?,14-,19-/m1/s1. The number of rotatable bonds is 8. The number of fused-ring (bicyclic) bond motifs is 1. The Kier molecular flexibility index (Phi) is 7.38. The summed E-state index contributed by atoms with van der Waals surface area (Å²) in [7, 11) is -5.16. The molecule has 1 aromatic carbocycles. The zero-order chi connectivity index (χ0) is 29.7. The number of aliphatic carboxylic acids is 1. The topological polar surface area (TPSA) is 275 Å². The largest absolute Gasteiger partial charge is 0.479 e. The third kappa shape index (κ3) is 5.00. The Balaban J connectivity index is 1.55. The predicted octanol–water partition coefficient (Wildman–Crippen LogP) is -1.74. The Bertz CT molecular complexity index is 1440. The minimum Gasteiger partial charge on any atom is -0.479 e. The molecule has 3 aliphatic heterocycles. The van der Waals surface area contributed by atoms with Crippen molar-refractivity contribution >= 4 is 75.0 Å². The van der Waals surface area contributed by atoms with Crippen molar-refractivity contribution in [3.8, 4) is 0 Å². The van der Waals surface area contributed by atoms with Crippen LogP contribution in [0.2, 0.25) is 5.02 Å². The number of carboxylic acid groups (broad SMARTS) is 1. The number of hydrogen-bond donors (Lipinski definition) is 7. The lowest BCUT2D eigenvalue weighted by Gasteiger charge is -2.41. The van der Waals surface area contributed by atoms with Crippen molar-refractivity contribution in [1.82, 2.24) is 25.6 Å². The summed E-state index contributed by atoms with van der Waals surface area (Å²) in [5.74, 6) is -3.60. The van der Waals surface area contributed by atoms with E-state index in [1.54, 1.807) is 0 Å². The van der Waals surface area contributed by atoms with Crippen LogP contribution in [0.4, 0.5) is 20.1 Å². The van der Waals surface area contributed by atoms with Crippen molar-refractivity contribution in [2.45, 2.75) is 21.5 Å². The van der Waals surface area contributed by atoms with Gasteiger partial charge in [-0.15, -0.1) is 0 Å². The molecule has 0 bridgehead atoms. The van der Waals surface area contributed by atoms with Crippen molar-refractivity contribution < 1.29 is 46.8 Å². The number of amides is 8. The lowest BCUT2D eigenvalue weighted by Crippen LogP contribution is -2.68. The van der Waals surface area contributed by atoms with Crippen LogP contribution in [0.15, 0.2) is 18.2 Å². The molecule has 1 aromatic rings. The summed E-state index contributed by atoms with van der Waals surface area (Å²) >= 11 is 6.75.